The van der Waals surface area contributed by atoms with E-state index in [4.69, 9.17) is 0 Å². The van der Waals surface area contributed by atoms with Crippen molar-refractivity contribution in [2.24, 2.45) is 0 Å². The summed E-state index contributed by atoms with van der Waals surface area (Å²) in [6.07, 6.45) is -3.08. The lowest BCUT2D eigenvalue weighted by Crippen LogP contribution is -2.33. The first-order chi connectivity index (χ1) is 13.7. The van der Waals surface area contributed by atoms with Crippen molar-refractivity contribution < 1.29 is 22.8 Å². The number of nitrogens with one attached hydrogen (secondary N) is 2. The van der Waals surface area contributed by atoms with Crippen molar-refractivity contribution in [2.45, 2.75) is 19.1 Å². The first kappa shape index (κ1) is 20.5. The van der Waals surface area contributed by atoms with Gasteiger partial charge in [0.1, 0.15) is 11.4 Å². The largest absolute Gasteiger partial charge is 0.405 e. The van der Waals surface area contributed by atoms with Gasteiger partial charge in [-0.25, -0.2) is 4.98 Å². The van der Waals surface area contributed by atoms with Crippen molar-refractivity contribution in [1.29, 1.82) is 0 Å². The summed E-state index contributed by atoms with van der Waals surface area (Å²) in [4.78, 5) is 40.8. The zero-order valence-corrected chi connectivity index (χ0v) is 15.6. The van der Waals surface area contributed by atoms with Gasteiger partial charge in [0.2, 0.25) is 5.91 Å². The Bertz CT molecular complexity index is 1090. The molecule has 1 aromatic carbocycles. The number of hydrogen-bond donors (Lipinski definition) is 2. The molecule has 2 N–H and O–H groups in total. The average Bonchev–Trinajstić information content (AvgIpc) is 3.15. The van der Waals surface area contributed by atoms with E-state index in [0.29, 0.717) is 15.9 Å². The van der Waals surface area contributed by atoms with Crippen molar-refractivity contribution in [3.63, 3.8) is 0 Å². The fourth-order valence-electron chi connectivity index (χ4n) is 2.49. The van der Waals surface area contributed by atoms with Crippen LogP contribution in [0.3, 0.4) is 0 Å². The maximum absolute atomic E-state index is 12.3. The van der Waals surface area contributed by atoms with Crippen molar-refractivity contribution in [2.75, 3.05) is 11.9 Å². The van der Waals surface area contributed by atoms with Gasteiger partial charge in [0.05, 0.1) is 11.7 Å². The van der Waals surface area contributed by atoms with E-state index >= 15 is 0 Å². The van der Waals surface area contributed by atoms with Gasteiger partial charge >= 0.3 is 6.18 Å². The molecule has 0 aliphatic carbocycles. The predicted molar refractivity (Wildman–Crippen MR) is 102 cm³/mol. The average molecular weight is 424 g/mol. The van der Waals surface area contributed by atoms with Gasteiger partial charge in [0, 0.05) is 24.2 Å². The Labute approximate surface area is 166 Å². The second kappa shape index (κ2) is 8.43. The zero-order valence-electron chi connectivity index (χ0n) is 14.8. The molecule has 0 unspecified atom stereocenters. The molecule has 0 atom stereocenters. The van der Waals surface area contributed by atoms with Crippen LogP contribution < -0.4 is 16.2 Å². The Morgan fingerprint density at radius 3 is 2.55 bits per heavy atom. The number of hydrogen-bond acceptors (Lipinski definition) is 5. The number of nitrogens with zero attached hydrogens (tertiary/aromatic N) is 2. The molecular formula is C18H15F3N4O3S. The molecule has 11 heteroatoms. The smallest absolute Gasteiger partial charge is 0.343 e. The second-order valence-corrected chi connectivity index (χ2v) is 6.95. The molecule has 29 heavy (non-hydrogen) atoms. The zero-order chi connectivity index (χ0) is 21.0. The fourth-order valence-corrected chi connectivity index (χ4v) is 3.21. The molecule has 0 fully saturated rings. The van der Waals surface area contributed by atoms with Gasteiger partial charge in [-0.2, -0.15) is 13.2 Å². The molecule has 2 heterocycles. The molecule has 0 saturated carbocycles. The molecule has 3 rings (SSSR count). The second-order valence-electron chi connectivity index (χ2n) is 6.06. The number of carbonyl (C=O) groups is 2. The lowest BCUT2D eigenvalue weighted by atomic mass is 10.2. The number of fused-ring (bicyclic) bond motifs is 1. The highest BCUT2D eigenvalue weighted by Gasteiger charge is 2.27. The van der Waals surface area contributed by atoms with E-state index in [0.717, 1.165) is 0 Å². The Kier molecular flexibility index (Phi) is 5.97. The lowest BCUT2D eigenvalue weighted by Gasteiger charge is -2.09. The first-order valence-corrected chi connectivity index (χ1v) is 9.28. The van der Waals surface area contributed by atoms with Crippen LogP contribution in [-0.2, 0) is 11.3 Å². The summed E-state index contributed by atoms with van der Waals surface area (Å²) in [5.41, 5.74) is 0.188. The molecular weight excluding hydrogens is 409 g/mol. The summed E-state index contributed by atoms with van der Waals surface area (Å²) in [7, 11) is 0. The van der Waals surface area contributed by atoms with Crippen LogP contribution in [-0.4, -0.2) is 34.1 Å². The number of anilines is 1. The van der Waals surface area contributed by atoms with E-state index in [-0.39, 0.29) is 30.0 Å². The molecule has 0 aliphatic rings. The Morgan fingerprint density at radius 1 is 1.14 bits per heavy atom. The lowest BCUT2D eigenvalue weighted by molar-refractivity contribution is -0.123. The number of rotatable bonds is 6. The maximum Gasteiger partial charge on any atom is 0.405 e. The third-order valence-electron chi connectivity index (χ3n) is 3.91. The fraction of sp³-hybridized carbons (Fsp3) is 0.222. The number of amides is 2. The molecule has 0 radical (unpaired) electrons. The number of halogens is 3. The molecule has 2 aromatic heterocycles. The van der Waals surface area contributed by atoms with Gasteiger partial charge in [-0.15, -0.1) is 11.3 Å². The third-order valence-corrected chi connectivity index (χ3v) is 4.73. The SMILES string of the molecule is O=C(CCn1cnc2sccc2c1=O)Nc1ccc(C(=O)NCC(F)(F)F)cc1. The minimum atomic E-state index is -4.49. The van der Waals surface area contributed by atoms with E-state index in [1.54, 1.807) is 16.8 Å². The Balaban J connectivity index is 1.54. The highest BCUT2D eigenvalue weighted by molar-refractivity contribution is 7.16. The summed E-state index contributed by atoms with van der Waals surface area (Å²) in [5, 5.41) is 6.63. The molecule has 0 saturated heterocycles. The highest BCUT2D eigenvalue weighted by Crippen LogP contribution is 2.15. The van der Waals surface area contributed by atoms with E-state index in [2.05, 4.69) is 10.3 Å². The topological polar surface area (TPSA) is 93.1 Å². The van der Waals surface area contributed by atoms with Crippen molar-refractivity contribution in [3.8, 4) is 0 Å². The molecule has 2 amide bonds. The van der Waals surface area contributed by atoms with Crippen LogP contribution in [0.15, 0.2) is 46.8 Å². The number of aromatic nitrogens is 2. The van der Waals surface area contributed by atoms with Crippen LogP contribution in [0.1, 0.15) is 16.8 Å². The van der Waals surface area contributed by atoms with Crippen LogP contribution in [0, 0.1) is 0 Å². The first-order valence-electron chi connectivity index (χ1n) is 8.40. The summed E-state index contributed by atoms with van der Waals surface area (Å²) in [5.74, 6) is -1.23. The number of carbonyl (C=O) groups excluding carboxylic acids is 2. The van der Waals surface area contributed by atoms with E-state index < -0.39 is 18.6 Å². The monoisotopic (exact) mass is 424 g/mol. The van der Waals surface area contributed by atoms with Gasteiger partial charge in [-0.1, -0.05) is 0 Å². The van der Waals surface area contributed by atoms with E-state index in [1.165, 1.54) is 46.5 Å². The predicted octanol–water partition coefficient (Wildman–Crippen LogP) is 2.78. The Hall–Kier alpha value is -3.21. The molecule has 0 spiro atoms. The number of aryl methyl sites for hydroxylation is 1. The minimum Gasteiger partial charge on any atom is -0.343 e. The van der Waals surface area contributed by atoms with Crippen LogP contribution in [0.5, 0.6) is 0 Å². The molecule has 152 valence electrons. The summed E-state index contributed by atoms with van der Waals surface area (Å²) >= 11 is 1.36. The van der Waals surface area contributed by atoms with Crippen LogP contribution in [0.25, 0.3) is 10.2 Å². The van der Waals surface area contributed by atoms with Crippen LogP contribution in [0.4, 0.5) is 18.9 Å². The van der Waals surface area contributed by atoms with Gasteiger partial charge in [0.25, 0.3) is 11.5 Å². The standard InChI is InChI=1S/C18H15F3N4O3S/c19-18(20,21)9-22-15(27)11-1-3-12(4-2-11)24-14(26)5-7-25-10-23-16-13(17(25)28)6-8-29-16/h1-4,6,8,10H,5,7,9H2,(H,22,27)(H,24,26). The summed E-state index contributed by atoms with van der Waals surface area (Å²) in [6, 6.07) is 7.11. The molecule has 3 aromatic rings. The number of alkyl halides is 3. The van der Waals surface area contributed by atoms with Crippen molar-refractivity contribution in [3.05, 3.63) is 58.0 Å². The van der Waals surface area contributed by atoms with Crippen LogP contribution in [0.2, 0.25) is 0 Å². The maximum atomic E-state index is 12.3. The van der Waals surface area contributed by atoms with Gasteiger partial charge < -0.3 is 10.6 Å². The summed E-state index contributed by atoms with van der Waals surface area (Å²) < 4.78 is 37.7. The normalized spacial score (nSPS) is 11.4. The van der Waals surface area contributed by atoms with Crippen molar-refractivity contribution >= 4 is 39.1 Å². The minimum absolute atomic E-state index is 0.0189. The highest BCUT2D eigenvalue weighted by atomic mass is 32.1. The third kappa shape index (κ3) is 5.41. The number of thiophene rings is 1. The van der Waals surface area contributed by atoms with Crippen LogP contribution >= 0.6 is 11.3 Å². The van der Waals surface area contributed by atoms with Gasteiger partial charge in [0.15, 0.2) is 0 Å². The van der Waals surface area contributed by atoms with E-state index in [9.17, 15) is 27.6 Å². The molecule has 0 aliphatic heterocycles. The molecule has 7 nitrogen and oxygen atoms in total. The molecule has 0 bridgehead atoms. The Morgan fingerprint density at radius 2 is 1.86 bits per heavy atom. The van der Waals surface area contributed by atoms with E-state index in [1.807, 2.05) is 0 Å². The summed E-state index contributed by atoms with van der Waals surface area (Å²) in [6.45, 7) is -1.28. The van der Waals surface area contributed by atoms with Crippen molar-refractivity contribution in [1.82, 2.24) is 14.9 Å². The number of benzene rings is 1. The quantitative estimate of drug-likeness (QED) is 0.637. The van der Waals surface area contributed by atoms with Gasteiger partial charge in [-0.05, 0) is 35.7 Å². The van der Waals surface area contributed by atoms with Gasteiger partial charge in [-0.3, -0.25) is 19.0 Å².